The number of nitrogens with zero attached hydrogens (tertiary/aromatic N) is 4. The zero-order valence-corrected chi connectivity index (χ0v) is 12.3. The fourth-order valence-corrected chi connectivity index (χ4v) is 2.06. The van der Waals surface area contributed by atoms with Crippen molar-refractivity contribution in [2.24, 2.45) is 7.05 Å². The summed E-state index contributed by atoms with van der Waals surface area (Å²) in [5.41, 5.74) is -1.72. The quantitative estimate of drug-likeness (QED) is 0.767. The van der Waals surface area contributed by atoms with Crippen LogP contribution in [-0.4, -0.2) is 30.6 Å². The van der Waals surface area contributed by atoms with Crippen LogP contribution < -0.4 is 11.2 Å². The van der Waals surface area contributed by atoms with Crippen molar-refractivity contribution in [3.8, 4) is 0 Å². The Morgan fingerprint density at radius 1 is 1.26 bits per heavy atom. The van der Waals surface area contributed by atoms with E-state index in [-0.39, 0.29) is 17.9 Å². The molecule has 0 spiro atoms. The van der Waals surface area contributed by atoms with Crippen molar-refractivity contribution in [3.05, 3.63) is 50.8 Å². The van der Waals surface area contributed by atoms with E-state index < -0.39 is 29.8 Å². The highest BCUT2D eigenvalue weighted by molar-refractivity contribution is 5.93. The third-order valence-corrected chi connectivity index (χ3v) is 3.20. The molecule has 0 unspecified atom stereocenters. The molecule has 0 aliphatic carbocycles. The smallest absolute Gasteiger partial charge is 0.324 e. The van der Waals surface area contributed by atoms with Crippen LogP contribution >= 0.6 is 0 Å². The molecule has 2 heterocycles. The molecule has 2 aromatic rings. The number of imidazole rings is 1. The summed E-state index contributed by atoms with van der Waals surface area (Å²) in [5, 5.41) is 0. The first-order valence-corrected chi connectivity index (χ1v) is 6.48. The van der Waals surface area contributed by atoms with Gasteiger partial charge >= 0.3 is 11.9 Å². The Hall–Kier alpha value is -2.65. The van der Waals surface area contributed by atoms with Crippen molar-refractivity contribution < 1.29 is 18.0 Å². The summed E-state index contributed by atoms with van der Waals surface area (Å²) < 4.78 is 40.1. The minimum absolute atomic E-state index is 0.0161. The van der Waals surface area contributed by atoms with Crippen LogP contribution in [-0.2, 0) is 20.1 Å². The number of hydrogen-bond acceptors (Lipinski definition) is 4. The van der Waals surface area contributed by atoms with E-state index in [2.05, 4.69) is 4.98 Å². The molecule has 0 radical (unpaired) electrons. The maximum atomic E-state index is 12.5. The van der Waals surface area contributed by atoms with Gasteiger partial charge in [0.25, 0.3) is 5.56 Å². The van der Waals surface area contributed by atoms with Crippen LogP contribution in [0.15, 0.2) is 28.2 Å². The lowest BCUT2D eigenvalue weighted by Gasteiger charge is -2.12. The van der Waals surface area contributed by atoms with Gasteiger partial charge in [-0.05, 0) is 6.92 Å². The van der Waals surface area contributed by atoms with Crippen molar-refractivity contribution in [1.29, 1.82) is 0 Å². The van der Waals surface area contributed by atoms with E-state index in [1.807, 2.05) is 0 Å². The SMILES string of the molecule is CC(=O)c1cn(Cc2nccn2CC(F)(F)F)c(=O)n(C)c1=O. The van der Waals surface area contributed by atoms with Gasteiger partial charge in [-0.1, -0.05) is 0 Å². The molecule has 10 heteroatoms. The average molecular weight is 330 g/mol. The minimum atomic E-state index is -4.44. The van der Waals surface area contributed by atoms with Gasteiger partial charge in [0.15, 0.2) is 5.78 Å². The van der Waals surface area contributed by atoms with Gasteiger partial charge in [-0.3, -0.25) is 18.7 Å². The Labute approximate surface area is 127 Å². The zero-order valence-electron chi connectivity index (χ0n) is 12.3. The lowest BCUT2D eigenvalue weighted by Crippen LogP contribution is -2.40. The van der Waals surface area contributed by atoms with Crippen LogP contribution in [0.3, 0.4) is 0 Å². The van der Waals surface area contributed by atoms with Crippen LogP contribution in [0.4, 0.5) is 13.2 Å². The van der Waals surface area contributed by atoms with Crippen LogP contribution in [0.5, 0.6) is 0 Å². The summed E-state index contributed by atoms with van der Waals surface area (Å²) in [7, 11) is 1.19. The van der Waals surface area contributed by atoms with Crippen molar-refractivity contribution in [3.63, 3.8) is 0 Å². The molecule has 7 nitrogen and oxygen atoms in total. The first-order chi connectivity index (χ1) is 10.6. The molecule has 0 aliphatic heterocycles. The Morgan fingerprint density at radius 3 is 2.48 bits per heavy atom. The highest BCUT2D eigenvalue weighted by Gasteiger charge is 2.29. The van der Waals surface area contributed by atoms with Crippen LogP contribution in [0.1, 0.15) is 23.1 Å². The average Bonchev–Trinajstić information content (AvgIpc) is 2.84. The summed E-state index contributed by atoms with van der Waals surface area (Å²) in [4.78, 5) is 39.1. The van der Waals surface area contributed by atoms with Gasteiger partial charge < -0.3 is 4.57 Å². The molecule has 23 heavy (non-hydrogen) atoms. The molecule has 0 aliphatic rings. The van der Waals surface area contributed by atoms with Crippen LogP contribution in [0, 0.1) is 0 Å². The fourth-order valence-electron chi connectivity index (χ4n) is 2.06. The summed E-state index contributed by atoms with van der Waals surface area (Å²) >= 11 is 0. The molecular formula is C13H13F3N4O3. The molecule has 2 rings (SSSR count). The second-order valence-corrected chi connectivity index (χ2v) is 4.96. The highest BCUT2D eigenvalue weighted by atomic mass is 19.4. The zero-order chi connectivity index (χ0) is 17.4. The molecule has 0 bridgehead atoms. The van der Waals surface area contributed by atoms with Gasteiger partial charge in [-0.15, -0.1) is 0 Å². The summed E-state index contributed by atoms with van der Waals surface area (Å²) in [5.74, 6) is -0.560. The molecule has 2 aromatic heterocycles. The van der Waals surface area contributed by atoms with Crippen molar-refractivity contribution in [2.45, 2.75) is 26.2 Å². The first kappa shape index (κ1) is 16.7. The topological polar surface area (TPSA) is 78.9 Å². The van der Waals surface area contributed by atoms with E-state index in [9.17, 15) is 27.6 Å². The monoisotopic (exact) mass is 330 g/mol. The predicted molar refractivity (Wildman–Crippen MR) is 73.3 cm³/mol. The number of Topliss-reactive ketones (excluding diaryl/α,β-unsaturated/α-hetero) is 1. The Morgan fingerprint density at radius 2 is 1.91 bits per heavy atom. The second-order valence-electron chi connectivity index (χ2n) is 4.96. The number of hydrogen-bond donors (Lipinski definition) is 0. The van der Waals surface area contributed by atoms with Gasteiger partial charge in [0.05, 0.1) is 12.1 Å². The number of aromatic nitrogens is 4. The normalized spacial score (nSPS) is 11.7. The third kappa shape index (κ3) is 3.58. The summed E-state index contributed by atoms with van der Waals surface area (Å²) in [6.07, 6.45) is -1.07. The molecule has 0 saturated heterocycles. The molecule has 0 saturated carbocycles. The van der Waals surface area contributed by atoms with Crippen molar-refractivity contribution in [1.82, 2.24) is 18.7 Å². The van der Waals surface area contributed by atoms with E-state index in [0.717, 1.165) is 33.0 Å². The lowest BCUT2D eigenvalue weighted by atomic mass is 10.2. The van der Waals surface area contributed by atoms with Gasteiger partial charge in [0, 0.05) is 25.6 Å². The van der Waals surface area contributed by atoms with Gasteiger partial charge in [0.2, 0.25) is 0 Å². The fraction of sp³-hybridized carbons (Fsp3) is 0.385. The van der Waals surface area contributed by atoms with Crippen molar-refractivity contribution >= 4 is 5.78 Å². The number of carbonyl (C=O) groups excluding carboxylic acids is 1. The van der Waals surface area contributed by atoms with E-state index in [0.29, 0.717) is 0 Å². The second kappa shape index (κ2) is 5.86. The molecule has 0 N–H and O–H groups in total. The number of carbonyl (C=O) groups is 1. The molecule has 0 fully saturated rings. The standard InChI is InChI=1S/C13H13F3N4O3/c1-8(21)9-5-20(12(23)18(2)11(9)22)6-10-17-3-4-19(10)7-13(14,15)16/h3-5H,6-7H2,1-2H3. The highest BCUT2D eigenvalue weighted by Crippen LogP contribution is 2.18. The number of rotatable bonds is 4. The maximum Gasteiger partial charge on any atom is 0.406 e. The Balaban J connectivity index is 2.46. The van der Waals surface area contributed by atoms with Gasteiger partial charge in [0.1, 0.15) is 12.4 Å². The van der Waals surface area contributed by atoms with Crippen LogP contribution in [0.25, 0.3) is 0 Å². The largest absolute Gasteiger partial charge is 0.406 e. The molecule has 0 amide bonds. The molecular weight excluding hydrogens is 317 g/mol. The number of ketones is 1. The van der Waals surface area contributed by atoms with E-state index in [1.54, 1.807) is 0 Å². The van der Waals surface area contributed by atoms with Crippen LogP contribution in [0.2, 0.25) is 0 Å². The van der Waals surface area contributed by atoms with E-state index in [1.165, 1.54) is 13.2 Å². The molecule has 124 valence electrons. The number of halogens is 3. The minimum Gasteiger partial charge on any atom is -0.324 e. The van der Waals surface area contributed by atoms with E-state index >= 15 is 0 Å². The Kier molecular flexibility index (Phi) is 4.26. The summed E-state index contributed by atoms with van der Waals surface area (Å²) in [6.45, 7) is -0.380. The maximum absolute atomic E-state index is 12.5. The predicted octanol–water partition coefficient (Wildman–Crippen LogP) is 0.557. The lowest BCUT2D eigenvalue weighted by molar-refractivity contribution is -0.141. The molecule has 0 atom stereocenters. The van der Waals surface area contributed by atoms with Crippen molar-refractivity contribution in [2.75, 3.05) is 0 Å². The number of alkyl halides is 3. The third-order valence-electron chi connectivity index (χ3n) is 3.20. The van der Waals surface area contributed by atoms with Gasteiger partial charge in [-0.25, -0.2) is 9.78 Å². The molecule has 0 aromatic carbocycles. The summed E-state index contributed by atoms with van der Waals surface area (Å²) in [6, 6.07) is 0. The Bertz CT molecular complexity index is 861. The van der Waals surface area contributed by atoms with Gasteiger partial charge in [-0.2, -0.15) is 13.2 Å². The van der Waals surface area contributed by atoms with E-state index in [4.69, 9.17) is 0 Å². The first-order valence-electron chi connectivity index (χ1n) is 6.48.